The second-order valence-electron chi connectivity index (χ2n) is 4.18. The molecule has 0 radical (unpaired) electrons. The minimum Gasteiger partial charge on any atom is -0.341 e. The lowest BCUT2D eigenvalue weighted by atomic mass is 10.1. The molecule has 0 saturated carbocycles. The molecule has 1 aromatic carbocycles. The third-order valence-corrected chi connectivity index (χ3v) is 2.77. The van der Waals surface area contributed by atoms with E-state index < -0.39 is 0 Å². The summed E-state index contributed by atoms with van der Waals surface area (Å²) >= 11 is 0. The predicted molar refractivity (Wildman–Crippen MR) is 72.1 cm³/mol. The fourth-order valence-corrected chi connectivity index (χ4v) is 1.87. The highest BCUT2D eigenvalue weighted by molar-refractivity contribution is 5.79. The number of H-pyrrole nitrogens is 1. The molecule has 1 aromatic heterocycles. The molecule has 92 valence electrons. The SMILES string of the molecule is CC#CNCc1cc2c(=O)[nH]c(C)nc2cc1C. The molecule has 0 bridgehead atoms. The van der Waals surface area contributed by atoms with E-state index in [1.165, 1.54) is 0 Å². The molecule has 18 heavy (non-hydrogen) atoms. The van der Waals surface area contributed by atoms with Gasteiger partial charge in [0.15, 0.2) is 0 Å². The Balaban J connectivity index is 2.53. The smallest absolute Gasteiger partial charge is 0.258 e. The van der Waals surface area contributed by atoms with Crippen LogP contribution in [0.1, 0.15) is 23.9 Å². The van der Waals surface area contributed by atoms with Gasteiger partial charge >= 0.3 is 0 Å². The number of nitrogens with zero attached hydrogens (tertiary/aromatic N) is 1. The van der Waals surface area contributed by atoms with Crippen LogP contribution in [-0.4, -0.2) is 9.97 Å². The fraction of sp³-hybridized carbons (Fsp3) is 0.286. The lowest BCUT2D eigenvalue weighted by Gasteiger charge is -2.07. The number of rotatable bonds is 2. The minimum atomic E-state index is -0.0969. The lowest BCUT2D eigenvalue weighted by Crippen LogP contribution is -2.12. The molecule has 4 heteroatoms. The average Bonchev–Trinajstić information content (AvgIpc) is 2.30. The molecule has 0 amide bonds. The third kappa shape index (κ3) is 2.35. The number of aromatic amines is 1. The van der Waals surface area contributed by atoms with E-state index in [1.807, 2.05) is 19.1 Å². The average molecular weight is 241 g/mol. The summed E-state index contributed by atoms with van der Waals surface area (Å²) in [7, 11) is 0. The molecule has 0 aliphatic heterocycles. The highest BCUT2D eigenvalue weighted by atomic mass is 16.1. The number of benzene rings is 1. The second kappa shape index (κ2) is 4.92. The van der Waals surface area contributed by atoms with Crippen LogP contribution in [0.4, 0.5) is 0 Å². The molecule has 4 nitrogen and oxygen atoms in total. The van der Waals surface area contributed by atoms with E-state index in [0.717, 1.165) is 16.6 Å². The summed E-state index contributed by atoms with van der Waals surface area (Å²) in [5.41, 5.74) is 2.80. The van der Waals surface area contributed by atoms with Gasteiger partial charge in [-0.1, -0.05) is 5.92 Å². The van der Waals surface area contributed by atoms with Crippen LogP contribution in [-0.2, 0) is 6.54 Å². The van der Waals surface area contributed by atoms with Gasteiger partial charge in [0.2, 0.25) is 0 Å². The van der Waals surface area contributed by atoms with Crippen LogP contribution in [0.5, 0.6) is 0 Å². The van der Waals surface area contributed by atoms with Gasteiger partial charge in [-0.3, -0.25) is 4.79 Å². The Morgan fingerprint density at radius 1 is 1.39 bits per heavy atom. The molecule has 0 saturated heterocycles. The van der Waals surface area contributed by atoms with Crippen molar-refractivity contribution in [3.05, 3.63) is 39.4 Å². The van der Waals surface area contributed by atoms with Gasteiger partial charge in [0, 0.05) is 12.6 Å². The molecule has 0 unspecified atom stereocenters. The van der Waals surface area contributed by atoms with Crippen LogP contribution >= 0.6 is 0 Å². The van der Waals surface area contributed by atoms with Gasteiger partial charge in [0.25, 0.3) is 5.56 Å². The second-order valence-corrected chi connectivity index (χ2v) is 4.18. The van der Waals surface area contributed by atoms with Crippen molar-refractivity contribution in [2.45, 2.75) is 27.3 Å². The van der Waals surface area contributed by atoms with Crippen LogP contribution in [0, 0.1) is 25.8 Å². The zero-order valence-electron chi connectivity index (χ0n) is 10.7. The van der Waals surface area contributed by atoms with Crippen LogP contribution in [0.2, 0.25) is 0 Å². The summed E-state index contributed by atoms with van der Waals surface area (Å²) in [4.78, 5) is 18.9. The zero-order chi connectivity index (χ0) is 13.1. The maximum atomic E-state index is 11.8. The van der Waals surface area contributed by atoms with Gasteiger partial charge < -0.3 is 10.3 Å². The predicted octanol–water partition coefficient (Wildman–Crippen LogP) is 1.61. The maximum Gasteiger partial charge on any atom is 0.258 e. The Morgan fingerprint density at radius 2 is 2.17 bits per heavy atom. The van der Waals surface area contributed by atoms with Crippen molar-refractivity contribution < 1.29 is 0 Å². The summed E-state index contributed by atoms with van der Waals surface area (Å²) in [5, 5.41) is 3.61. The number of aromatic nitrogens is 2. The van der Waals surface area contributed by atoms with Gasteiger partial charge in [-0.05, 0) is 44.0 Å². The normalized spacial score (nSPS) is 9.94. The van der Waals surface area contributed by atoms with Crippen LogP contribution < -0.4 is 10.9 Å². The van der Waals surface area contributed by atoms with Gasteiger partial charge in [0.1, 0.15) is 5.82 Å². The summed E-state index contributed by atoms with van der Waals surface area (Å²) in [6.07, 6.45) is 0. The van der Waals surface area contributed by atoms with Crippen molar-refractivity contribution in [2.24, 2.45) is 0 Å². The monoisotopic (exact) mass is 241 g/mol. The van der Waals surface area contributed by atoms with E-state index >= 15 is 0 Å². The Labute approximate surface area is 105 Å². The van der Waals surface area contributed by atoms with Crippen molar-refractivity contribution in [1.82, 2.24) is 15.3 Å². The molecule has 0 aliphatic rings. The van der Waals surface area contributed by atoms with E-state index in [2.05, 4.69) is 27.2 Å². The Bertz CT molecular complexity index is 705. The molecule has 0 fully saturated rings. The van der Waals surface area contributed by atoms with Crippen LogP contribution in [0.15, 0.2) is 16.9 Å². The van der Waals surface area contributed by atoms with Crippen molar-refractivity contribution >= 4 is 10.9 Å². The van der Waals surface area contributed by atoms with E-state index in [-0.39, 0.29) is 5.56 Å². The third-order valence-electron chi connectivity index (χ3n) is 2.77. The van der Waals surface area contributed by atoms with E-state index in [4.69, 9.17) is 0 Å². The zero-order valence-corrected chi connectivity index (χ0v) is 10.7. The number of fused-ring (bicyclic) bond motifs is 1. The molecular weight excluding hydrogens is 226 g/mol. The summed E-state index contributed by atoms with van der Waals surface area (Å²) in [6.45, 7) is 6.18. The minimum absolute atomic E-state index is 0.0969. The number of hydrogen-bond acceptors (Lipinski definition) is 3. The molecule has 0 atom stereocenters. The van der Waals surface area contributed by atoms with Crippen molar-refractivity contribution in [3.8, 4) is 12.0 Å². The van der Waals surface area contributed by atoms with Crippen molar-refractivity contribution in [3.63, 3.8) is 0 Å². The molecule has 0 aliphatic carbocycles. The van der Waals surface area contributed by atoms with Gasteiger partial charge in [-0.2, -0.15) is 0 Å². The largest absolute Gasteiger partial charge is 0.341 e. The Kier molecular flexibility index (Phi) is 3.33. The van der Waals surface area contributed by atoms with E-state index in [1.54, 1.807) is 13.8 Å². The summed E-state index contributed by atoms with van der Waals surface area (Å²) in [5.74, 6) is 3.41. The van der Waals surface area contributed by atoms with Crippen LogP contribution in [0.25, 0.3) is 10.9 Å². The molecular formula is C14H15N3O. The molecule has 1 heterocycles. The maximum absolute atomic E-state index is 11.8. The first-order valence-corrected chi connectivity index (χ1v) is 5.76. The molecule has 0 spiro atoms. The summed E-state index contributed by atoms with van der Waals surface area (Å²) in [6, 6.07) is 6.61. The van der Waals surface area contributed by atoms with Gasteiger partial charge in [-0.25, -0.2) is 4.98 Å². The fourth-order valence-electron chi connectivity index (χ4n) is 1.87. The molecule has 2 rings (SSSR count). The highest BCUT2D eigenvalue weighted by Gasteiger charge is 2.06. The van der Waals surface area contributed by atoms with Crippen LogP contribution in [0.3, 0.4) is 0 Å². The first-order valence-electron chi connectivity index (χ1n) is 5.76. The Morgan fingerprint density at radius 3 is 2.89 bits per heavy atom. The highest BCUT2D eigenvalue weighted by Crippen LogP contribution is 2.15. The lowest BCUT2D eigenvalue weighted by molar-refractivity contribution is 0.891. The number of hydrogen-bond donors (Lipinski definition) is 2. The van der Waals surface area contributed by atoms with Gasteiger partial charge in [0.05, 0.1) is 10.9 Å². The first-order chi connectivity index (χ1) is 8.61. The van der Waals surface area contributed by atoms with Gasteiger partial charge in [-0.15, -0.1) is 0 Å². The topological polar surface area (TPSA) is 57.8 Å². The summed E-state index contributed by atoms with van der Waals surface area (Å²) < 4.78 is 0. The van der Waals surface area contributed by atoms with Crippen molar-refractivity contribution in [2.75, 3.05) is 0 Å². The number of nitrogens with one attached hydrogen (secondary N) is 2. The van der Waals surface area contributed by atoms with Crippen molar-refractivity contribution in [1.29, 1.82) is 0 Å². The van der Waals surface area contributed by atoms with E-state index in [9.17, 15) is 4.79 Å². The first kappa shape index (κ1) is 12.2. The Hall–Kier alpha value is -2.28. The standard InChI is InChI=1S/C14H15N3O/c1-4-5-15-8-11-7-12-13(6-9(11)2)16-10(3)17-14(12)18/h6-7,15H,8H2,1-3H3,(H,16,17,18). The quantitative estimate of drug-likeness (QED) is 0.620. The molecule has 2 N–H and O–H groups in total. The van der Waals surface area contributed by atoms with E-state index in [0.29, 0.717) is 17.8 Å². The molecule has 2 aromatic rings. The number of aryl methyl sites for hydroxylation is 2.